The lowest BCUT2D eigenvalue weighted by atomic mass is 10.2. The van der Waals surface area contributed by atoms with Crippen LogP contribution in [0.15, 0.2) is 18.2 Å². The van der Waals surface area contributed by atoms with Gasteiger partial charge in [-0.2, -0.15) is 5.26 Å². The molecule has 0 fully saturated rings. The SMILES string of the molecule is COc1cc(F)ccc1-n1c(C)c(C)c(C#N)c1N. The van der Waals surface area contributed by atoms with Crippen molar-refractivity contribution in [2.75, 3.05) is 12.8 Å². The molecule has 1 aromatic carbocycles. The highest BCUT2D eigenvalue weighted by Crippen LogP contribution is 2.32. The van der Waals surface area contributed by atoms with E-state index in [4.69, 9.17) is 15.7 Å². The summed E-state index contributed by atoms with van der Waals surface area (Å²) in [5.41, 5.74) is 8.69. The Morgan fingerprint density at radius 3 is 2.58 bits per heavy atom. The topological polar surface area (TPSA) is 64.0 Å². The largest absolute Gasteiger partial charge is 0.494 e. The van der Waals surface area contributed by atoms with Crippen LogP contribution in [0.5, 0.6) is 5.75 Å². The van der Waals surface area contributed by atoms with E-state index in [1.54, 1.807) is 10.6 Å². The summed E-state index contributed by atoms with van der Waals surface area (Å²) in [6.07, 6.45) is 0. The van der Waals surface area contributed by atoms with Crippen LogP contribution in [0.1, 0.15) is 16.8 Å². The zero-order valence-electron chi connectivity index (χ0n) is 11.0. The average molecular weight is 259 g/mol. The Balaban J connectivity index is 2.77. The van der Waals surface area contributed by atoms with Crippen LogP contribution >= 0.6 is 0 Å². The fraction of sp³-hybridized carbons (Fsp3) is 0.214. The minimum Gasteiger partial charge on any atom is -0.494 e. The highest BCUT2D eigenvalue weighted by molar-refractivity contribution is 5.64. The summed E-state index contributed by atoms with van der Waals surface area (Å²) in [4.78, 5) is 0. The Morgan fingerprint density at radius 1 is 1.37 bits per heavy atom. The molecule has 1 heterocycles. The van der Waals surface area contributed by atoms with Gasteiger partial charge in [0.2, 0.25) is 0 Å². The molecule has 0 amide bonds. The number of nitrogens with two attached hydrogens (primary N) is 1. The Labute approximate surface area is 110 Å². The molecule has 2 aromatic rings. The van der Waals surface area contributed by atoms with Crippen molar-refractivity contribution in [3.8, 4) is 17.5 Å². The molecule has 0 radical (unpaired) electrons. The number of nitrogens with zero attached hydrogens (tertiary/aromatic N) is 2. The van der Waals surface area contributed by atoms with Gasteiger partial charge in [-0.3, -0.25) is 4.57 Å². The fourth-order valence-corrected chi connectivity index (χ4v) is 2.12. The molecule has 0 unspecified atom stereocenters. The van der Waals surface area contributed by atoms with Crippen molar-refractivity contribution < 1.29 is 9.13 Å². The van der Waals surface area contributed by atoms with E-state index in [1.165, 1.54) is 19.2 Å². The number of halogens is 1. The number of hydrogen-bond donors (Lipinski definition) is 1. The molecule has 2 N–H and O–H groups in total. The Bertz CT molecular complexity index is 683. The molecule has 0 aliphatic carbocycles. The molecule has 0 saturated heterocycles. The maximum absolute atomic E-state index is 13.2. The smallest absolute Gasteiger partial charge is 0.145 e. The van der Waals surface area contributed by atoms with E-state index < -0.39 is 0 Å². The van der Waals surface area contributed by atoms with E-state index in [2.05, 4.69) is 6.07 Å². The van der Waals surface area contributed by atoms with Gasteiger partial charge in [-0.05, 0) is 31.5 Å². The highest BCUT2D eigenvalue weighted by Gasteiger charge is 2.18. The van der Waals surface area contributed by atoms with Gasteiger partial charge < -0.3 is 10.5 Å². The number of rotatable bonds is 2. The highest BCUT2D eigenvalue weighted by atomic mass is 19.1. The summed E-state index contributed by atoms with van der Waals surface area (Å²) in [7, 11) is 1.46. The lowest BCUT2D eigenvalue weighted by Gasteiger charge is -2.13. The van der Waals surface area contributed by atoms with E-state index in [1.807, 2.05) is 13.8 Å². The van der Waals surface area contributed by atoms with E-state index in [-0.39, 0.29) is 5.82 Å². The number of benzene rings is 1. The summed E-state index contributed by atoms with van der Waals surface area (Å²) in [6, 6.07) is 6.28. The summed E-state index contributed by atoms with van der Waals surface area (Å²) in [6.45, 7) is 3.69. The molecule has 5 heteroatoms. The molecule has 0 spiro atoms. The molecule has 0 atom stereocenters. The van der Waals surface area contributed by atoms with Crippen molar-refractivity contribution in [1.82, 2.24) is 4.57 Å². The van der Waals surface area contributed by atoms with E-state index >= 15 is 0 Å². The number of nitrogen functional groups attached to an aromatic ring is 1. The van der Waals surface area contributed by atoms with Crippen LogP contribution in [0.25, 0.3) is 5.69 Å². The molecule has 0 aliphatic rings. The molecule has 1 aromatic heterocycles. The van der Waals surface area contributed by atoms with Gasteiger partial charge >= 0.3 is 0 Å². The molecule has 0 bridgehead atoms. The van der Waals surface area contributed by atoms with Crippen LogP contribution in [-0.2, 0) is 0 Å². The normalized spacial score (nSPS) is 10.3. The second-order valence-electron chi connectivity index (χ2n) is 4.23. The minimum atomic E-state index is -0.388. The Morgan fingerprint density at radius 2 is 2.05 bits per heavy atom. The number of hydrogen-bond acceptors (Lipinski definition) is 3. The lowest BCUT2D eigenvalue weighted by molar-refractivity contribution is 0.409. The van der Waals surface area contributed by atoms with Crippen molar-refractivity contribution in [2.24, 2.45) is 0 Å². The first-order valence-electron chi connectivity index (χ1n) is 5.72. The van der Waals surface area contributed by atoms with Gasteiger partial charge in [0.15, 0.2) is 0 Å². The van der Waals surface area contributed by atoms with Gasteiger partial charge in [-0.1, -0.05) is 0 Å². The minimum absolute atomic E-state index is 0.336. The second kappa shape index (κ2) is 4.65. The van der Waals surface area contributed by atoms with E-state index in [9.17, 15) is 4.39 Å². The molecular formula is C14H14FN3O. The number of anilines is 1. The van der Waals surface area contributed by atoms with Crippen molar-refractivity contribution in [1.29, 1.82) is 5.26 Å². The summed E-state index contributed by atoms with van der Waals surface area (Å²) >= 11 is 0. The standard InChI is InChI=1S/C14H14FN3O/c1-8-9(2)18(14(17)11(8)7-16)12-5-4-10(15)6-13(12)19-3/h4-6H,17H2,1-3H3. The average Bonchev–Trinajstić information content (AvgIpc) is 2.61. The third-order valence-electron chi connectivity index (χ3n) is 3.24. The van der Waals surface area contributed by atoms with Gasteiger partial charge in [0.05, 0.1) is 18.4 Å². The third-order valence-corrected chi connectivity index (χ3v) is 3.24. The summed E-state index contributed by atoms with van der Waals surface area (Å²) in [5.74, 6) is 0.318. The zero-order valence-corrected chi connectivity index (χ0v) is 11.0. The Hall–Kier alpha value is -2.48. The van der Waals surface area contributed by atoms with Crippen LogP contribution in [-0.4, -0.2) is 11.7 Å². The summed E-state index contributed by atoms with van der Waals surface area (Å²) in [5, 5.41) is 9.12. The van der Waals surface area contributed by atoms with Crippen LogP contribution in [0, 0.1) is 31.0 Å². The molecule has 0 aliphatic heterocycles. The first kappa shape index (κ1) is 13.0. The maximum Gasteiger partial charge on any atom is 0.145 e. The van der Waals surface area contributed by atoms with Crippen LogP contribution in [0.3, 0.4) is 0 Å². The van der Waals surface area contributed by atoms with Gasteiger partial charge in [0.1, 0.15) is 23.5 Å². The number of methoxy groups -OCH3 is 1. The maximum atomic E-state index is 13.2. The molecule has 98 valence electrons. The predicted octanol–water partition coefficient (Wildman–Crippen LogP) is 2.70. The van der Waals surface area contributed by atoms with E-state index in [0.29, 0.717) is 22.8 Å². The fourth-order valence-electron chi connectivity index (χ4n) is 2.12. The van der Waals surface area contributed by atoms with Gasteiger partial charge in [0, 0.05) is 11.8 Å². The number of aromatic nitrogens is 1. The van der Waals surface area contributed by atoms with Crippen molar-refractivity contribution in [3.63, 3.8) is 0 Å². The zero-order chi connectivity index (χ0) is 14.2. The first-order chi connectivity index (χ1) is 9.01. The number of ether oxygens (including phenoxy) is 1. The van der Waals surface area contributed by atoms with Crippen molar-refractivity contribution in [2.45, 2.75) is 13.8 Å². The van der Waals surface area contributed by atoms with Crippen LogP contribution in [0.4, 0.5) is 10.2 Å². The van der Waals surface area contributed by atoms with Crippen LogP contribution < -0.4 is 10.5 Å². The van der Waals surface area contributed by atoms with Gasteiger partial charge in [0.25, 0.3) is 0 Å². The molecular weight excluding hydrogens is 245 g/mol. The second-order valence-corrected chi connectivity index (χ2v) is 4.23. The molecule has 2 rings (SSSR count). The van der Waals surface area contributed by atoms with E-state index in [0.717, 1.165) is 11.3 Å². The van der Waals surface area contributed by atoms with Crippen LogP contribution in [0.2, 0.25) is 0 Å². The summed E-state index contributed by atoms with van der Waals surface area (Å²) < 4.78 is 20.1. The predicted molar refractivity (Wildman–Crippen MR) is 70.9 cm³/mol. The molecule has 19 heavy (non-hydrogen) atoms. The molecule has 4 nitrogen and oxygen atoms in total. The van der Waals surface area contributed by atoms with Crippen molar-refractivity contribution in [3.05, 3.63) is 40.8 Å². The first-order valence-corrected chi connectivity index (χ1v) is 5.72. The molecule has 0 saturated carbocycles. The Kier molecular flexibility index (Phi) is 3.17. The quantitative estimate of drug-likeness (QED) is 0.901. The monoisotopic (exact) mass is 259 g/mol. The van der Waals surface area contributed by atoms with Crippen molar-refractivity contribution >= 4 is 5.82 Å². The number of nitriles is 1. The lowest BCUT2D eigenvalue weighted by Crippen LogP contribution is -2.04. The van der Waals surface area contributed by atoms with Gasteiger partial charge in [-0.25, -0.2) is 4.39 Å². The van der Waals surface area contributed by atoms with Gasteiger partial charge in [-0.15, -0.1) is 0 Å². The third kappa shape index (κ3) is 1.91.